The van der Waals surface area contributed by atoms with Gasteiger partial charge >= 0.3 is 5.97 Å². The van der Waals surface area contributed by atoms with E-state index in [-0.39, 0.29) is 12.1 Å². The van der Waals surface area contributed by atoms with Crippen LogP contribution >= 0.6 is 0 Å². The van der Waals surface area contributed by atoms with Crippen LogP contribution in [0, 0.1) is 0 Å². The molecule has 2 nitrogen and oxygen atoms in total. The Bertz CT molecular complexity index is 275. The molecule has 25 heavy (non-hydrogen) atoms. The SMILES string of the molecule is CCCCCCCCCCCCC[C@@H](CC)OC(=O)CCCCCC. The van der Waals surface area contributed by atoms with E-state index in [9.17, 15) is 4.79 Å². The molecule has 1 atom stereocenters. The number of carbonyl (C=O) groups excluding carboxylic acids is 1. The predicted molar refractivity (Wildman–Crippen MR) is 110 cm³/mol. The summed E-state index contributed by atoms with van der Waals surface area (Å²) in [5.74, 6) is 0.0195. The van der Waals surface area contributed by atoms with Crippen molar-refractivity contribution in [2.75, 3.05) is 0 Å². The molecule has 0 spiro atoms. The molecule has 150 valence electrons. The Labute approximate surface area is 158 Å². The highest BCUT2D eigenvalue weighted by Crippen LogP contribution is 2.15. The van der Waals surface area contributed by atoms with Crippen molar-refractivity contribution >= 4 is 5.97 Å². The Morgan fingerprint density at radius 3 is 1.56 bits per heavy atom. The first kappa shape index (κ1) is 24.5. The third kappa shape index (κ3) is 18.1. The second-order valence-corrected chi connectivity index (χ2v) is 7.65. The molecule has 0 heterocycles. The Morgan fingerprint density at radius 1 is 0.640 bits per heavy atom. The van der Waals surface area contributed by atoms with Crippen LogP contribution in [0.15, 0.2) is 0 Å². The Morgan fingerprint density at radius 2 is 1.08 bits per heavy atom. The molecule has 0 saturated carbocycles. The largest absolute Gasteiger partial charge is 0.462 e. The zero-order valence-electron chi connectivity index (χ0n) is 17.6. The van der Waals surface area contributed by atoms with Crippen LogP contribution in [0.3, 0.4) is 0 Å². The molecule has 0 rings (SSSR count). The van der Waals surface area contributed by atoms with Gasteiger partial charge in [-0.25, -0.2) is 0 Å². The second-order valence-electron chi connectivity index (χ2n) is 7.65. The van der Waals surface area contributed by atoms with Crippen LogP contribution in [0.4, 0.5) is 0 Å². The molecule has 0 aliphatic carbocycles. The maximum absolute atomic E-state index is 11.9. The first-order chi connectivity index (χ1) is 12.2. The minimum atomic E-state index is 0.0195. The van der Waals surface area contributed by atoms with Gasteiger partial charge in [-0.3, -0.25) is 4.79 Å². The standard InChI is InChI=1S/C23H46O2/c1-4-7-9-11-12-13-14-15-16-17-18-20-22(6-3)25-23(24)21-19-10-8-5-2/h22H,4-21H2,1-3H3/t22-/m1/s1. The average Bonchev–Trinajstić information content (AvgIpc) is 2.62. The fourth-order valence-corrected chi connectivity index (χ4v) is 3.32. The molecule has 0 amide bonds. The van der Waals surface area contributed by atoms with Crippen LogP contribution in [0.5, 0.6) is 0 Å². The lowest BCUT2D eigenvalue weighted by molar-refractivity contribution is -0.149. The van der Waals surface area contributed by atoms with Crippen LogP contribution in [0.1, 0.15) is 136 Å². The number of carbonyl (C=O) groups is 1. The fraction of sp³-hybridized carbons (Fsp3) is 0.957. The van der Waals surface area contributed by atoms with Gasteiger partial charge in [0.2, 0.25) is 0 Å². The number of ether oxygens (including phenoxy) is 1. The van der Waals surface area contributed by atoms with Gasteiger partial charge in [0, 0.05) is 6.42 Å². The maximum atomic E-state index is 11.9. The van der Waals surface area contributed by atoms with Gasteiger partial charge in [-0.1, -0.05) is 104 Å². The molecule has 0 aliphatic heterocycles. The zero-order valence-corrected chi connectivity index (χ0v) is 17.6. The van der Waals surface area contributed by atoms with E-state index in [0.29, 0.717) is 6.42 Å². The fourth-order valence-electron chi connectivity index (χ4n) is 3.32. The van der Waals surface area contributed by atoms with E-state index in [4.69, 9.17) is 4.74 Å². The van der Waals surface area contributed by atoms with Crippen molar-refractivity contribution in [3.63, 3.8) is 0 Å². The number of rotatable bonds is 19. The lowest BCUT2D eigenvalue weighted by Crippen LogP contribution is -2.17. The summed E-state index contributed by atoms with van der Waals surface area (Å²) in [6.07, 6.45) is 22.4. The summed E-state index contributed by atoms with van der Waals surface area (Å²) >= 11 is 0. The highest BCUT2D eigenvalue weighted by atomic mass is 16.5. The van der Waals surface area contributed by atoms with Gasteiger partial charge in [-0.2, -0.15) is 0 Å². The van der Waals surface area contributed by atoms with Gasteiger partial charge in [-0.05, 0) is 25.7 Å². The van der Waals surface area contributed by atoms with Gasteiger partial charge in [0.15, 0.2) is 0 Å². The van der Waals surface area contributed by atoms with Crippen molar-refractivity contribution in [1.82, 2.24) is 0 Å². The number of hydrogen-bond donors (Lipinski definition) is 0. The summed E-state index contributed by atoms with van der Waals surface area (Å²) in [4.78, 5) is 11.9. The highest BCUT2D eigenvalue weighted by molar-refractivity contribution is 5.69. The van der Waals surface area contributed by atoms with E-state index in [1.165, 1.54) is 83.5 Å². The molecule has 0 unspecified atom stereocenters. The van der Waals surface area contributed by atoms with Gasteiger partial charge in [0.1, 0.15) is 6.10 Å². The van der Waals surface area contributed by atoms with E-state index in [2.05, 4.69) is 20.8 Å². The van der Waals surface area contributed by atoms with Crippen molar-refractivity contribution < 1.29 is 9.53 Å². The third-order valence-electron chi connectivity index (χ3n) is 5.12. The Balaban J connectivity index is 3.44. The van der Waals surface area contributed by atoms with E-state index in [1.54, 1.807) is 0 Å². The maximum Gasteiger partial charge on any atom is 0.306 e. The summed E-state index contributed by atoms with van der Waals surface area (Å²) in [6, 6.07) is 0. The molecule has 0 N–H and O–H groups in total. The zero-order chi connectivity index (χ0) is 18.6. The van der Waals surface area contributed by atoms with E-state index in [1.807, 2.05) is 0 Å². The van der Waals surface area contributed by atoms with Gasteiger partial charge < -0.3 is 4.74 Å². The van der Waals surface area contributed by atoms with Crippen LogP contribution in [0.25, 0.3) is 0 Å². The Hall–Kier alpha value is -0.530. The molecule has 0 aromatic rings. The minimum absolute atomic E-state index is 0.0195. The van der Waals surface area contributed by atoms with Crippen molar-refractivity contribution in [1.29, 1.82) is 0 Å². The van der Waals surface area contributed by atoms with Gasteiger partial charge in [-0.15, -0.1) is 0 Å². The topological polar surface area (TPSA) is 26.3 Å². The smallest absolute Gasteiger partial charge is 0.306 e. The van der Waals surface area contributed by atoms with E-state index < -0.39 is 0 Å². The molecule has 0 saturated heterocycles. The summed E-state index contributed by atoms with van der Waals surface area (Å²) in [5.41, 5.74) is 0. The molecule has 0 bridgehead atoms. The first-order valence-corrected chi connectivity index (χ1v) is 11.4. The predicted octanol–water partition coefficient (Wildman–Crippen LogP) is 7.98. The molecule has 0 fully saturated rings. The summed E-state index contributed by atoms with van der Waals surface area (Å²) in [5, 5.41) is 0. The van der Waals surface area contributed by atoms with Gasteiger partial charge in [0.05, 0.1) is 0 Å². The Kier molecular flexibility index (Phi) is 19.4. The molecule has 0 aliphatic rings. The summed E-state index contributed by atoms with van der Waals surface area (Å²) in [6.45, 7) is 6.60. The number of unbranched alkanes of at least 4 members (excludes halogenated alkanes) is 13. The lowest BCUT2D eigenvalue weighted by atomic mass is 10.0. The highest BCUT2D eigenvalue weighted by Gasteiger charge is 2.11. The molecule has 0 radical (unpaired) electrons. The number of hydrogen-bond acceptors (Lipinski definition) is 2. The monoisotopic (exact) mass is 354 g/mol. The number of esters is 1. The van der Waals surface area contributed by atoms with E-state index >= 15 is 0 Å². The van der Waals surface area contributed by atoms with E-state index in [0.717, 1.165) is 25.7 Å². The summed E-state index contributed by atoms with van der Waals surface area (Å²) < 4.78 is 5.63. The molecule has 2 heteroatoms. The van der Waals surface area contributed by atoms with Gasteiger partial charge in [0.25, 0.3) is 0 Å². The average molecular weight is 355 g/mol. The van der Waals surface area contributed by atoms with Crippen molar-refractivity contribution in [2.45, 2.75) is 142 Å². The van der Waals surface area contributed by atoms with Crippen LogP contribution in [0.2, 0.25) is 0 Å². The quantitative estimate of drug-likeness (QED) is 0.173. The lowest BCUT2D eigenvalue weighted by Gasteiger charge is -2.16. The van der Waals surface area contributed by atoms with Crippen molar-refractivity contribution in [2.24, 2.45) is 0 Å². The molecule has 0 aromatic carbocycles. The summed E-state index contributed by atoms with van der Waals surface area (Å²) in [7, 11) is 0. The second kappa shape index (κ2) is 19.8. The molecular formula is C23H46O2. The molecular weight excluding hydrogens is 308 g/mol. The first-order valence-electron chi connectivity index (χ1n) is 11.4. The third-order valence-corrected chi connectivity index (χ3v) is 5.12. The van der Waals surface area contributed by atoms with Crippen molar-refractivity contribution in [3.05, 3.63) is 0 Å². The van der Waals surface area contributed by atoms with Crippen LogP contribution < -0.4 is 0 Å². The minimum Gasteiger partial charge on any atom is -0.462 e. The van der Waals surface area contributed by atoms with Crippen LogP contribution in [-0.4, -0.2) is 12.1 Å². The molecule has 0 aromatic heterocycles. The normalized spacial score (nSPS) is 12.3. The van der Waals surface area contributed by atoms with Crippen molar-refractivity contribution in [3.8, 4) is 0 Å². The van der Waals surface area contributed by atoms with Crippen LogP contribution in [-0.2, 0) is 9.53 Å².